The molecule has 4 rings (SSSR count). The van der Waals surface area contributed by atoms with Crippen LogP contribution in [0.2, 0.25) is 0 Å². The standard InChI is InChI=1S/C23H26F2N4O4S/c24-21(25)23-27-26-22(33-23)18-10-8-17(9-11-18)15-29(19-5-2-1-3-6-19)34(31,32)14-13-28-12-4-7-20(28)16-30/h1-3,5-6,8-11,20-21,30H,4,7,12-16H2/t20-/m1/s1. The van der Waals surface area contributed by atoms with E-state index >= 15 is 0 Å². The number of aliphatic hydroxyl groups is 1. The molecule has 1 atom stereocenters. The van der Waals surface area contributed by atoms with Crippen LogP contribution < -0.4 is 4.31 Å². The molecule has 0 bridgehead atoms. The fourth-order valence-corrected chi connectivity index (χ4v) is 5.52. The maximum Gasteiger partial charge on any atom is 0.314 e. The highest BCUT2D eigenvalue weighted by molar-refractivity contribution is 7.92. The highest BCUT2D eigenvalue weighted by atomic mass is 32.2. The van der Waals surface area contributed by atoms with Crippen LogP contribution in [0, 0.1) is 0 Å². The molecule has 2 aromatic carbocycles. The summed E-state index contributed by atoms with van der Waals surface area (Å²) in [7, 11) is -3.68. The van der Waals surface area contributed by atoms with Crippen molar-refractivity contribution in [1.82, 2.24) is 15.1 Å². The lowest BCUT2D eigenvalue weighted by atomic mass is 10.1. The van der Waals surface area contributed by atoms with E-state index in [1.807, 2.05) is 11.0 Å². The molecular weight excluding hydrogens is 466 g/mol. The van der Waals surface area contributed by atoms with Gasteiger partial charge in [-0.3, -0.25) is 9.21 Å². The maximum absolute atomic E-state index is 13.4. The number of aliphatic hydroxyl groups excluding tert-OH is 1. The second-order valence-corrected chi connectivity index (χ2v) is 10.1. The van der Waals surface area contributed by atoms with Crippen molar-refractivity contribution in [2.24, 2.45) is 0 Å². The molecule has 34 heavy (non-hydrogen) atoms. The molecule has 1 aromatic heterocycles. The van der Waals surface area contributed by atoms with Crippen molar-refractivity contribution in [1.29, 1.82) is 0 Å². The first-order chi connectivity index (χ1) is 16.4. The monoisotopic (exact) mass is 492 g/mol. The Hall–Kier alpha value is -2.89. The predicted molar refractivity (Wildman–Crippen MR) is 123 cm³/mol. The molecule has 0 saturated carbocycles. The van der Waals surface area contributed by atoms with Gasteiger partial charge in [-0.05, 0) is 49.2 Å². The van der Waals surface area contributed by atoms with E-state index in [4.69, 9.17) is 4.42 Å². The van der Waals surface area contributed by atoms with E-state index in [2.05, 4.69) is 10.2 Å². The number of hydrogen-bond acceptors (Lipinski definition) is 7. The third-order valence-corrected chi connectivity index (χ3v) is 7.59. The van der Waals surface area contributed by atoms with Gasteiger partial charge in [0.25, 0.3) is 5.89 Å². The van der Waals surface area contributed by atoms with Crippen molar-refractivity contribution in [2.45, 2.75) is 31.9 Å². The fourth-order valence-electron chi connectivity index (χ4n) is 4.04. The van der Waals surface area contributed by atoms with E-state index < -0.39 is 22.3 Å². The summed E-state index contributed by atoms with van der Waals surface area (Å²) in [5, 5.41) is 16.5. The molecular formula is C23H26F2N4O4S. The van der Waals surface area contributed by atoms with Gasteiger partial charge in [-0.2, -0.15) is 8.78 Å². The third-order valence-electron chi connectivity index (χ3n) is 5.88. The minimum atomic E-state index is -3.68. The van der Waals surface area contributed by atoms with Crippen LogP contribution in [0.15, 0.2) is 59.0 Å². The van der Waals surface area contributed by atoms with Crippen molar-refractivity contribution >= 4 is 15.7 Å². The number of halogens is 2. The van der Waals surface area contributed by atoms with Crippen LogP contribution in [0.5, 0.6) is 0 Å². The molecule has 1 fully saturated rings. The summed E-state index contributed by atoms with van der Waals surface area (Å²) in [5.74, 6) is -0.852. The molecule has 1 aliphatic rings. The van der Waals surface area contributed by atoms with Gasteiger partial charge in [-0.1, -0.05) is 30.3 Å². The van der Waals surface area contributed by atoms with Gasteiger partial charge in [0.05, 0.1) is 24.6 Å². The van der Waals surface area contributed by atoms with Crippen molar-refractivity contribution < 1.29 is 26.7 Å². The van der Waals surface area contributed by atoms with E-state index in [0.29, 0.717) is 23.4 Å². The van der Waals surface area contributed by atoms with Gasteiger partial charge < -0.3 is 9.52 Å². The number of hydrogen-bond donors (Lipinski definition) is 1. The van der Waals surface area contributed by atoms with Gasteiger partial charge in [-0.15, -0.1) is 10.2 Å². The van der Waals surface area contributed by atoms with Crippen LogP contribution in [0.4, 0.5) is 14.5 Å². The SMILES string of the molecule is O=S(=O)(CCN1CCC[C@@H]1CO)N(Cc1ccc(-c2nnc(C(F)F)o2)cc1)c1ccccc1. The van der Waals surface area contributed by atoms with Crippen LogP contribution in [0.1, 0.15) is 30.7 Å². The molecule has 0 aliphatic carbocycles. The first-order valence-corrected chi connectivity index (χ1v) is 12.6. The quantitative estimate of drug-likeness (QED) is 0.463. The lowest BCUT2D eigenvalue weighted by Crippen LogP contribution is -2.40. The Morgan fingerprint density at radius 1 is 1.12 bits per heavy atom. The zero-order chi connectivity index (χ0) is 24.1. The number of benzene rings is 2. The summed E-state index contributed by atoms with van der Waals surface area (Å²) in [6.07, 6.45) is -1.04. The smallest absolute Gasteiger partial charge is 0.314 e. The highest BCUT2D eigenvalue weighted by Crippen LogP contribution is 2.26. The molecule has 1 aliphatic heterocycles. The van der Waals surface area contributed by atoms with Crippen molar-refractivity contribution in [3.63, 3.8) is 0 Å². The van der Waals surface area contributed by atoms with Gasteiger partial charge in [-0.25, -0.2) is 8.42 Å². The largest absolute Gasteiger partial charge is 0.415 e. The predicted octanol–water partition coefficient (Wildman–Crippen LogP) is 3.47. The molecule has 2 heterocycles. The molecule has 3 aromatic rings. The Labute approximate surface area is 196 Å². The highest BCUT2D eigenvalue weighted by Gasteiger charge is 2.28. The van der Waals surface area contributed by atoms with Crippen LogP contribution in [0.3, 0.4) is 0 Å². The molecule has 0 radical (unpaired) electrons. The minimum absolute atomic E-state index is 0.00297. The Bertz CT molecular complexity index is 1170. The molecule has 182 valence electrons. The average Bonchev–Trinajstić information content (AvgIpc) is 3.52. The maximum atomic E-state index is 13.4. The number of likely N-dealkylation sites (tertiary alicyclic amines) is 1. The van der Waals surface area contributed by atoms with Crippen LogP contribution in [-0.4, -0.2) is 60.1 Å². The molecule has 11 heteroatoms. The second-order valence-electron chi connectivity index (χ2n) is 8.12. The topological polar surface area (TPSA) is 99.8 Å². The summed E-state index contributed by atoms with van der Waals surface area (Å²) in [5.41, 5.74) is 1.71. The molecule has 1 N–H and O–H groups in total. The number of alkyl halides is 2. The molecule has 0 unspecified atom stereocenters. The van der Waals surface area contributed by atoms with Crippen LogP contribution in [0.25, 0.3) is 11.5 Å². The summed E-state index contributed by atoms with van der Waals surface area (Å²) in [6, 6.07) is 15.5. The van der Waals surface area contributed by atoms with Crippen molar-refractivity contribution in [3.05, 3.63) is 66.1 Å². The van der Waals surface area contributed by atoms with Gasteiger partial charge in [0.2, 0.25) is 15.9 Å². The van der Waals surface area contributed by atoms with E-state index in [9.17, 15) is 22.3 Å². The zero-order valence-corrected chi connectivity index (χ0v) is 19.2. The molecule has 8 nitrogen and oxygen atoms in total. The zero-order valence-electron chi connectivity index (χ0n) is 18.4. The lowest BCUT2D eigenvalue weighted by molar-refractivity contribution is 0.116. The first kappa shape index (κ1) is 24.2. The Morgan fingerprint density at radius 2 is 1.85 bits per heavy atom. The number of sulfonamides is 1. The minimum Gasteiger partial charge on any atom is -0.415 e. The summed E-state index contributed by atoms with van der Waals surface area (Å²) >= 11 is 0. The Morgan fingerprint density at radius 3 is 2.50 bits per heavy atom. The van der Waals surface area contributed by atoms with Crippen molar-refractivity contribution in [2.75, 3.05) is 29.8 Å². The number of nitrogens with zero attached hydrogens (tertiary/aromatic N) is 4. The second kappa shape index (κ2) is 10.6. The van der Waals surface area contributed by atoms with E-state index in [0.717, 1.165) is 19.4 Å². The lowest BCUT2D eigenvalue weighted by Gasteiger charge is -2.27. The molecule has 1 saturated heterocycles. The summed E-state index contributed by atoms with van der Waals surface area (Å²) in [6.45, 7) is 1.24. The average molecular weight is 493 g/mol. The van der Waals surface area contributed by atoms with Crippen LogP contribution >= 0.6 is 0 Å². The molecule has 0 amide bonds. The van der Waals surface area contributed by atoms with Gasteiger partial charge in [0.15, 0.2) is 0 Å². The normalized spacial score (nSPS) is 16.9. The van der Waals surface area contributed by atoms with E-state index in [-0.39, 0.29) is 30.8 Å². The van der Waals surface area contributed by atoms with Gasteiger partial charge in [0.1, 0.15) is 0 Å². The first-order valence-electron chi connectivity index (χ1n) is 11.0. The third kappa shape index (κ3) is 5.60. The molecule has 0 spiro atoms. The number of aromatic nitrogens is 2. The van der Waals surface area contributed by atoms with E-state index in [1.165, 1.54) is 4.31 Å². The fraction of sp³-hybridized carbons (Fsp3) is 0.391. The van der Waals surface area contributed by atoms with Gasteiger partial charge in [0, 0.05) is 18.2 Å². The van der Waals surface area contributed by atoms with Crippen molar-refractivity contribution in [3.8, 4) is 11.5 Å². The Kier molecular flexibility index (Phi) is 7.54. The van der Waals surface area contributed by atoms with Gasteiger partial charge >= 0.3 is 6.43 Å². The summed E-state index contributed by atoms with van der Waals surface area (Å²) in [4.78, 5) is 2.02. The number of rotatable bonds is 10. The Balaban J connectivity index is 1.52. The van der Waals surface area contributed by atoms with E-state index in [1.54, 1.807) is 48.5 Å². The number of para-hydroxylation sites is 1. The number of anilines is 1. The van der Waals surface area contributed by atoms with Crippen LogP contribution in [-0.2, 0) is 16.6 Å². The summed E-state index contributed by atoms with van der Waals surface area (Å²) < 4.78 is 58.5.